The highest BCUT2D eigenvalue weighted by atomic mass is 19.2. The Morgan fingerprint density at radius 1 is 1.21 bits per heavy atom. The summed E-state index contributed by atoms with van der Waals surface area (Å²) in [5.41, 5.74) is 0.476. The van der Waals surface area contributed by atoms with E-state index in [0.717, 1.165) is 22.7 Å². The zero-order chi connectivity index (χ0) is 21.5. The number of nitrogens with one attached hydrogen (secondary N) is 1. The number of aryl methyl sites for hydroxylation is 1. The number of benzene rings is 1. The maximum Gasteiger partial charge on any atom is 0.325 e. The Morgan fingerprint density at radius 2 is 1.90 bits per heavy atom. The zero-order valence-electron chi connectivity index (χ0n) is 16.4. The molecule has 1 aliphatic rings. The SMILES string of the molecule is C=CCn1c(C)cc(C(=O)CN2C(=O)NC(C)(c3ccc(F)c(F)c3)C2=O)c1C. The van der Waals surface area contributed by atoms with Crippen molar-refractivity contribution in [3.63, 3.8) is 0 Å². The van der Waals surface area contributed by atoms with Gasteiger partial charge in [-0.15, -0.1) is 6.58 Å². The Labute approximate surface area is 166 Å². The van der Waals surface area contributed by atoms with Gasteiger partial charge in [-0.2, -0.15) is 0 Å². The van der Waals surface area contributed by atoms with Crippen molar-refractivity contribution in [2.75, 3.05) is 6.54 Å². The first kappa shape index (κ1) is 20.4. The topological polar surface area (TPSA) is 71.4 Å². The zero-order valence-corrected chi connectivity index (χ0v) is 16.4. The Hall–Kier alpha value is -3.29. The lowest BCUT2D eigenvalue weighted by Crippen LogP contribution is -2.41. The molecular formula is C21H21F2N3O3. The molecule has 1 aromatic carbocycles. The van der Waals surface area contributed by atoms with Crippen LogP contribution in [0.4, 0.5) is 13.6 Å². The molecular weight excluding hydrogens is 380 g/mol. The van der Waals surface area contributed by atoms with E-state index in [0.29, 0.717) is 17.8 Å². The number of hydrogen-bond acceptors (Lipinski definition) is 3. The van der Waals surface area contributed by atoms with E-state index in [9.17, 15) is 23.2 Å². The van der Waals surface area contributed by atoms with E-state index in [1.807, 2.05) is 11.5 Å². The van der Waals surface area contributed by atoms with Crippen molar-refractivity contribution in [2.24, 2.45) is 0 Å². The molecule has 29 heavy (non-hydrogen) atoms. The van der Waals surface area contributed by atoms with Crippen molar-refractivity contribution in [1.82, 2.24) is 14.8 Å². The molecule has 1 aromatic heterocycles. The van der Waals surface area contributed by atoms with Crippen molar-refractivity contribution in [1.29, 1.82) is 0 Å². The minimum atomic E-state index is -1.59. The standard InChI is InChI=1S/C21H21F2N3O3/c1-5-8-25-12(2)9-15(13(25)3)18(27)11-26-19(28)21(4,24-20(26)29)14-6-7-16(22)17(23)10-14/h5-7,9-10H,1,8,11H2,2-4H3,(H,24,29). The van der Waals surface area contributed by atoms with Crippen LogP contribution < -0.4 is 5.32 Å². The van der Waals surface area contributed by atoms with Gasteiger partial charge in [-0.25, -0.2) is 13.6 Å². The van der Waals surface area contributed by atoms with Crippen LogP contribution in [-0.4, -0.2) is 33.7 Å². The Morgan fingerprint density at radius 3 is 2.52 bits per heavy atom. The Bertz CT molecular complexity index is 1040. The van der Waals surface area contributed by atoms with Gasteiger partial charge in [0.1, 0.15) is 5.54 Å². The molecule has 1 fully saturated rings. The van der Waals surface area contributed by atoms with E-state index in [1.54, 1.807) is 19.1 Å². The number of nitrogens with zero attached hydrogens (tertiary/aromatic N) is 2. The number of ketones is 1. The second-order valence-electron chi connectivity index (χ2n) is 7.18. The normalized spacial score (nSPS) is 18.9. The number of carbonyl (C=O) groups is 3. The highest BCUT2D eigenvalue weighted by molar-refractivity contribution is 6.11. The lowest BCUT2D eigenvalue weighted by molar-refractivity contribution is -0.130. The van der Waals surface area contributed by atoms with Crippen molar-refractivity contribution in [3.8, 4) is 0 Å². The first-order chi connectivity index (χ1) is 13.6. The molecule has 2 aromatic rings. The number of hydrogen-bond donors (Lipinski definition) is 1. The van der Waals surface area contributed by atoms with Crippen molar-refractivity contribution in [2.45, 2.75) is 32.9 Å². The second-order valence-corrected chi connectivity index (χ2v) is 7.18. The van der Waals surface area contributed by atoms with E-state index in [-0.39, 0.29) is 5.56 Å². The molecule has 6 nitrogen and oxygen atoms in total. The third-order valence-electron chi connectivity index (χ3n) is 5.26. The summed E-state index contributed by atoms with van der Waals surface area (Å²) in [6.07, 6.45) is 1.71. The van der Waals surface area contributed by atoms with Crippen molar-refractivity contribution in [3.05, 3.63) is 71.1 Å². The lowest BCUT2D eigenvalue weighted by Gasteiger charge is -2.22. The van der Waals surface area contributed by atoms with Gasteiger partial charge in [-0.1, -0.05) is 12.1 Å². The van der Waals surface area contributed by atoms with Gasteiger partial charge in [0, 0.05) is 23.5 Å². The maximum absolute atomic E-state index is 13.6. The molecule has 1 N–H and O–H groups in total. The van der Waals surface area contributed by atoms with Crippen LogP contribution in [0.5, 0.6) is 0 Å². The molecule has 2 heterocycles. The molecule has 152 valence electrons. The fourth-order valence-corrected chi connectivity index (χ4v) is 3.57. The van der Waals surface area contributed by atoms with E-state index in [4.69, 9.17) is 0 Å². The van der Waals surface area contributed by atoms with Gasteiger partial charge in [0.25, 0.3) is 5.91 Å². The third kappa shape index (κ3) is 3.35. The largest absolute Gasteiger partial charge is 0.345 e. The van der Waals surface area contributed by atoms with Gasteiger partial charge < -0.3 is 9.88 Å². The summed E-state index contributed by atoms with van der Waals surface area (Å²) >= 11 is 0. The fraction of sp³-hybridized carbons (Fsp3) is 0.286. The van der Waals surface area contributed by atoms with Gasteiger partial charge >= 0.3 is 6.03 Å². The van der Waals surface area contributed by atoms with E-state index < -0.39 is 41.4 Å². The molecule has 0 aliphatic carbocycles. The fourth-order valence-electron chi connectivity index (χ4n) is 3.57. The number of rotatable bonds is 6. The Kier molecular flexibility index (Phi) is 5.13. The third-order valence-corrected chi connectivity index (χ3v) is 5.26. The van der Waals surface area contributed by atoms with Crippen molar-refractivity contribution < 1.29 is 23.2 Å². The summed E-state index contributed by atoms with van der Waals surface area (Å²) < 4.78 is 28.8. The average molecular weight is 401 g/mol. The average Bonchev–Trinajstić information content (AvgIpc) is 3.07. The van der Waals surface area contributed by atoms with Gasteiger partial charge in [0.15, 0.2) is 17.4 Å². The summed E-state index contributed by atoms with van der Waals surface area (Å²) in [5.74, 6) is -3.29. The molecule has 1 aliphatic heterocycles. The monoisotopic (exact) mass is 401 g/mol. The van der Waals surface area contributed by atoms with Gasteiger partial charge in [-0.3, -0.25) is 14.5 Å². The first-order valence-corrected chi connectivity index (χ1v) is 9.00. The number of carbonyl (C=O) groups excluding carboxylic acids is 3. The summed E-state index contributed by atoms with van der Waals surface area (Å²) in [6, 6.07) is 3.91. The molecule has 3 amide bonds. The van der Waals surface area contributed by atoms with Crippen LogP contribution in [0.15, 0.2) is 36.9 Å². The summed E-state index contributed by atoms with van der Waals surface area (Å²) in [5, 5.41) is 2.48. The number of imide groups is 1. The number of halogens is 2. The van der Waals surface area contributed by atoms with Crippen LogP contribution in [0.3, 0.4) is 0 Å². The summed E-state index contributed by atoms with van der Waals surface area (Å²) in [6.45, 7) is 8.78. The highest BCUT2D eigenvalue weighted by Crippen LogP contribution is 2.30. The van der Waals surface area contributed by atoms with E-state index in [1.165, 1.54) is 13.0 Å². The lowest BCUT2D eigenvalue weighted by atomic mass is 9.92. The smallest absolute Gasteiger partial charge is 0.325 e. The van der Waals surface area contributed by atoms with Crippen LogP contribution in [0, 0.1) is 25.5 Å². The summed E-state index contributed by atoms with van der Waals surface area (Å²) in [4.78, 5) is 38.9. The predicted octanol–water partition coefficient (Wildman–Crippen LogP) is 3.22. The molecule has 3 rings (SSSR count). The molecule has 0 radical (unpaired) electrons. The molecule has 1 atom stereocenters. The quantitative estimate of drug-likeness (QED) is 0.459. The van der Waals surface area contributed by atoms with Crippen LogP contribution in [0.2, 0.25) is 0 Å². The number of Topliss-reactive ketones (excluding diaryl/α,β-unsaturated/α-hetero) is 1. The number of urea groups is 1. The predicted molar refractivity (Wildman–Crippen MR) is 102 cm³/mol. The van der Waals surface area contributed by atoms with Crippen LogP contribution in [0.1, 0.15) is 34.2 Å². The first-order valence-electron chi connectivity index (χ1n) is 9.00. The minimum absolute atomic E-state index is 0.0915. The molecule has 0 saturated carbocycles. The molecule has 0 spiro atoms. The summed E-state index contributed by atoms with van der Waals surface area (Å²) in [7, 11) is 0. The van der Waals surface area contributed by atoms with Crippen LogP contribution in [-0.2, 0) is 16.9 Å². The minimum Gasteiger partial charge on any atom is -0.345 e. The highest BCUT2D eigenvalue weighted by Gasteiger charge is 2.49. The van der Waals surface area contributed by atoms with Gasteiger partial charge in [0.05, 0.1) is 6.54 Å². The second kappa shape index (κ2) is 7.27. The maximum atomic E-state index is 13.6. The Balaban J connectivity index is 1.87. The number of allylic oxidation sites excluding steroid dienone is 1. The molecule has 8 heteroatoms. The van der Waals surface area contributed by atoms with E-state index in [2.05, 4.69) is 11.9 Å². The van der Waals surface area contributed by atoms with Gasteiger partial charge in [-0.05, 0) is 44.5 Å². The van der Waals surface area contributed by atoms with Crippen molar-refractivity contribution >= 4 is 17.7 Å². The van der Waals surface area contributed by atoms with Gasteiger partial charge in [0.2, 0.25) is 0 Å². The van der Waals surface area contributed by atoms with Crippen LogP contribution >= 0.6 is 0 Å². The molecule has 0 bridgehead atoms. The molecule has 1 saturated heterocycles. The number of amides is 3. The van der Waals surface area contributed by atoms with E-state index >= 15 is 0 Å². The van der Waals surface area contributed by atoms with Crippen LogP contribution in [0.25, 0.3) is 0 Å². The number of aromatic nitrogens is 1. The molecule has 1 unspecified atom stereocenters.